The second-order valence-electron chi connectivity index (χ2n) is 11.3. The third-order valence-corrected chi connectivity index (χ3v) is 8.22. The van der Waals surface area contributed by atoms with E-state index in [1.54, 1.807) is 6.92 Å². The molecule has 0 spiro atoms. The van der Waals surface area contributed by atoms with Gasteiger partial charge in [0.2, 0.25) is 5.91 Å². The number of carbonyl (C=O) groups excluding carboxylic acids is 1. The Morgan fingerprint density at radius 2 is 1.79 bits per heavy atom. The lowest BCUT2D eigenvalue weighted by atomic mass is 9.62. The Labute approximate surface area is 205 Å². The van der Waals surface area contributed by atoms with E-state index in [0.29, 0.717) is 11.8 Å². The molecule has 2 aliphatic rings. The molecule has 0 saturated carbocycles. The zero-order chi connectivity index (χ0) is 24.5. The molecule has 0 radical (unpaired) electrons. The molecule has 184 valence electrons. The van der Waals surface area contributed by atoms with Crippen LogP contribution in [0.25, 0.3) is 0 Å². The molecule has 5 nitrogen and oxygen atoms in total. The lowest BCUT2D eigenvalue weighted by molar-refractivity contribution is -0.130. The van der Waals surface area contributed by atoms with E-state index in [0.717, 1.165) is 63.0 Å². The maximum atomic E-state index is 12.4. The lowest BCUT2D eigenvalue weighted by Gasteiger charge is -2.56. The molecule has 3 heterocycles. The first-order valence-electron chi connectivity index (χ1n) is 12.8. The van der Waals surface area contributed by atoms with Gasteiger partial charge >= 0.3 is 0 Å². The van der Waals surface area contributed by atoms with Crippen LogP contribution in [-0.4, -0.2) is 59.0 Å². The number of piperidine rings is 1. The SMILES string of the molecule is CC(=O)N1CCC(CCc2cncc([C@@](O)(c3ccc(C(C)C)cc3)C3(C)CN(C)C3)c2)CC1. The van der Waals surface area contributed by atoms with Crippen molar-refractivity contribution >= 4 is 5.91 Å². The molecule has 0 unspecified atom stereocenters. The molecule has 1 aromatic heterocycles. The number of nitrogens with zero attached hydrogens (tertiary/aromatic N) is 3. The first-order valence-corrected chi connectivity index (χ1v) is 12.8. The molecule has 1 aromatic carbocycles. The summed E-state index contributed by atoms with van der Waals surface area (Å²) in [5, 5.41) is 12.4. The highest BCUT2D eigenvalue weighted by Crippen LogP contribution is 2.50. The maximum Gasteiger partial charge on any atom is 0.219 e. The van der Waals surface area contributed by atoms with Crippen LogP contribution >= 0.6 is 0 Å². The van der Waals surface area contributed by atoms with Crippen LogP contribution in [0.2, 0.25) is 0 Å². The van der Waals surface area contributed by atoms with Crippen molar-refractivity contribution in [1.82, 2.24) is 14.8 Å². The number of aliphatic hydroxyl groups is 1. The largest absolute Gasteiger partial charge is 0.380 e. The van der Waals surface area contributed by atoms with Crippen LogP contribution in [-0.2, 0) is 16.8 Å². The average molecular weight is 464 g/mol. The Bertz CT molecular complexity index is 989. The van der Waals surface area contributed by atoms with E-state index in [9.17, 15) is 9.90 Å². The van der Waals surface area contributed by atoms with Crippen LogP contribution < -0.4 is 0 Å². The molecule has 5 heteroatoms. The molecule has 0 aliphatic carbocycles. The number of hydrogen-bond acceptors (Lipinski definition) is 4. The minimum atomic E-state index is -1.09. The Kier molecular flexibility index (Phi) is 7.16. The molecule has 4 rings (SSSR count). The van der Waals surface area contributed by atoms with Gasteiger partial charge in [0.15, 0.2) is 0 Å². The fourth-order valence-corrected chi connectivity index (χ4v) is 6.08. The van der Waals surface area contributed by atoms with Gasteiger partial charge in [0, 0.05) is 56.5 Å². The van der Waals surface area contributed by atoms with Gasteiger partial charge in [-0.1, -0.05) is 45.0 Å². The van der Waals surface area contributed by atoms with Gasteiger partial charge in [0.1, 0.15) is 5.60 Å². The molecule has 0 bridgehead atoms. The molecule has 34 heavy (non-hydrogen) atoms. The van der Waals surface area contributed by atoms with E-state index >= 15 is 0 Å². The van der Waals surface area contributed by atoms with Crippen LogP contribution in [0.4, 0.5) is 0 Å². The summed E-state index contributed by atoms with van der Waals surface area (Å²) in [4.78, 5) is 20.4. The second kappa shape index (κ2) is 9.79. The molecule has 2 aromatic rings. The molecule has 2 aliphatic heterocycles. The van der Waals surface area contributed by atoms with Crippen LogP contribution in [0.5, 0.6) is 0 Å². The van der Waals surface area contributed by atoms with Crippen molar-refractivity contribution in [3.05, 3.63) is 65.0 Å². The van der Waals surface area contributed by atoms with Crippen LogP contribution in [0.3, 0.4) is 0 Å². The van der Waals surface area contributed by atoms with Crippen molar-refractivity contribution in [2.75, 3.05) is 33.2 Å². The molecule has 2 fully saturated rings. The van der Waals surface area contributed by atoms with Crippen molar-refractivity contribution in [3.8, 4) is 0 Å². The minimum absolute atomic E-state index is 0.186. The van der Waals surface area contributed by atoms with E-state index < -0.39 is 5.60 Å². The number of aromatic nitrogens is 1. The fourth-order valence-electron chi connectivity index (χ4n) is 6.08. The quantitative estimate of drug-likeness (QED) is 0.653. The van der Waals surface area contributed by atoms with Crippen molar-refractivity contribution in [3.63, 3.8) is 0 Å². The average Bonchev–Trinajstić information content (AvgIpc) is 2.81. The fraction of sp³-hybridized carbons (Fsp3) is 0.586. The van der Waals surface area contributed by atoms with Gasteiger partial charge in [0.25, 0.3) is 0 Å². The van der Waals surface area contributed by atoms with Crippen LogP contribution in [0, 0.1) is 11.3 Å². The highest BCUT2D eigenvalue weighted by molar-refractivity contribution is 5.73. The van der Waals surface area contributed by atoms with E-state index in [4.69, 9.17) is 0 Å². The molecular weight excluding hydrogens is 422 g/mol. The lowest BCUT2D eigenvalue weighted by Crippen LogP contribution is -2.63. The topological polar surface area (TPSA) is 56.7 Å². The Balaban J connectivity index is 1.56. The van der Waals surface area contributed by atoms with E-state index in [1.165, 1.54) is 11.1 Å². The number of likely N-dealkylation sites (tertiary alicyclic amines) is 2. The number of rotatable bonds is 7. The first-order chi connectivity index (χ1) is 16.1. The third kappa shape index (κ3) is 4.78. The highest BCUT2D eigenvalue weighted by Gasteiger charge is 2.55. The van der Waals surface area contributed by atoms with E-state index in [2.05, 4.69) is 68.0 Å². The predicted octanol–water partition coefficient (Wildman–Crippen LogP) is 4.58. The molecular formula is C29H41N3O2. The number of hydrogen-bond donors (Lipinski definition) is 1. The van der Waals surface area contributed by atoms with Gasteiger partial charge in [-0.2, -0.15) is 0 Å². The van der Waals surface area contributed by atoms with E-state index in [1.807, 2.05) is 17.3 Å². The van der Waals surface area contributed by atoms with Crippen molar-refractivity contribution in [2.45, 2.75) is 64.9 Å². The summed E-state index contributed by atoms with van der Waals surface area (Å²) < 4.78 is 0. The zero-order valence-electron chi connectivity index (χ0n) is 21.6. The molecule has 2 saturated heterocycles. The first kappa shape index (κ1) is 24.9. The summed E-state index contributed by atoms with van der Waals surface area (Å²) >= 11 is 0. The molecule has 1 N–H and O–H groups in total. The standard InChI is InChI=1S/C29H41N3O2/c1-21(2)25-8-10-26(11-9-25)29(34,28(4)19-31(5)20-28)27-16-24(17-30-18-27)7-6-23-12-14-32(15-13-23)22(3)33/h8-11,16-18,21,23,34H,6-7,12-15,19-20H2,1-5H3/t29-/m0/s1. The van der Waals surface area contributed by atoms with E-state index in [-0.39, 0.29) is 11.3 Å². The predicted molar refractivity (Wildman–Crippen MR) is 137 cm³/mol. The summed E-state index contributed by atoms with van der Waals surface area (Å²) in [6.07, 6.45) is 8.00. The van der Waals surface area contributed by atoms with Crippen molar-refractivity contribution in [1.29, 1.82) is 0 Å². The Morgan fingerprint density at radius 3 is 2.35 bits per heavy atom. The van der Waals surface area contributed by atoms with Crippen LogP contribution in [0.1, 0.15) is 75.1 Å². The van der Waals surface area contributed by atoms with Crippen molar-refractivity contribution in [2.24, 2.45) is 11.3 Å². The van der Waals surface area contributed by atoms with Crippen LogP contribution in [0.15, 0.2) is 42.7 Å². The smallest absolute Gasteiger partial charge is 0.219 e. The number of amides is 1. The van der Waals surface area contributed by atoms with Gasteiger partial charge in [-0.25, -0.2) is 0 Å². The normalized spacial score (nSPS) is 20.7. The third-order valence-electron chi connectivity index (χ3n) is 8.22. The number of carbonyl (C=O) groups is 1. The summed E-state index contributed by atoms with van der Waals surface area (Å²) in [6, 6.07) is 10.7. The van der Waals surface area contributed by atoms with Gasteiger partial charge in [0.05, 0.1) is 0 Å². The maximum absolute atomic E-state index is 12.4. The number of aryl methyl sites for hydroxylation is 1. The molecule has 1 amide bonds. The molecule has 1 atom stereocenters. The minimum Gasteiger partial charge on any atom is -0.380 e. The Morgan fingerprint density at radius 1 is 1.15 bits per heavy atom. The highest BCUT2D eigenvalue weighted by atomic mass is 16.3. The van der Waals surface area contributed by atoms with Gasteiger partial charge in [-0.3, -0.25) is 9.78 Å². The summed E-state index contributed by atoms with van der Waals surface area (Å²) in [6.45, 7) is 11.7. The second-order valence-corrected chi connectivity index (χ2v) is 11.3. The number of pyridine rings is 1. The monoisotopic (exact) mass is 463 g/mol. The summed E-state index contributed by atoms with van der Waals surface area (Å²) in [5.74, 6) is 1.28. The summed E-state index contributed by atoms with van der Waals surface area (Å²) in [7, 11) is 2.11. The van der Waals surface area contributed by atoms with Gasteiger partial charge < -0.3 is 14.9 Å². The van der Waals surface area contributed by atoms with Gasteiger partial charge in [-0.15, -0.1) is 0 Å². The summed E-state index contributed by atoms with van der Waals surface area (Å²) in [5.41, 5.74) is 2.93. The Hall–Kier alpha value is -2.24. The zero-order valence-corrected chi connectivity index (χ0v) is 21.6. The number of benzene rings is 1. The van der Waals surface area contributed by atoms with Gasteiger partial charge in [-0.05, 0) is 67.3 Å². The van der Waals surface area contributed by atoms with Crippen molar-refractivity contribution < 1.29 is 9.90 Å².